The van der Waals surface area contributed by atoms with E-state index < -0.39 is 46.0 Å². The third kappa shape index (κ3) is 6.36. The number of methoxy groups -OCH3 is 4. The molecule has 2 atom stereocenters. The number of allylic oxidation sites excluding steroid dienone is 2. The molecule has 1 N–H and O–H groups in total. The van der Waals surface area contributed by atoms with Crippen molar-refractivity contribution in [3.63, 3.8) is 0 Å². The van der Waals surface area contributed by atoms with Gasteiger partial charge in [0.15, 0.2) is 23.0 Å². The number of nitrogens with zero attached hydrogens (tertiary/aromatic N) is 10. The Balaban J connectivity index is 1.10. The van der Waals surface area contributed by atoms with Gasteiger partial charge in [0.2, 0.25) is 0 Å². The molecule has 332 valence electrons. The lowest BCUT2D eigenvalue weighted by molar-refractivity contribution is 0.246. The van der Waals surface area contributed by atoms with Crippen LogP contribution in [-0.2, 0) is 53.1 Å². The summed E-state index contributed by atoms with van der Waals surface area (Å²) in [5, 5.41) is 10.4. The molecule has 0 saturated heterocycles. The molecule has 9 rings (SSSR count). The molecule has 0 fully saturated rings. The molecule has 0 amide bonds. The molecule has 2 unspecified atom stereocenters. The fourth-order valence-electron chi connectivity index (χ4n) is 8.83. The van der Waals surface area contributed by atoms with Gasteiger partial charge in [-0.1, -0.05) is 23.7 Å². The number of hydrogen-bond acceptors (Lipinski definition) is 13. The fraction of sp³-hybridized carbons (Fsp3) is 0.333. The minimum Gasteiger partial charge on any atom is -0.508 e. The first kappa shape index (κ1) is 41.8. The monoisotopic (exact) mass is 896 g/mol. The van der Waals surface area contributed by atoms with Gasteiger partial charge in [-0.15, -0.1) is 0 Å². The average molecular weight is 897 g/mol. The van der Waals surface area contributed by atoms with Crippen molar-refractivity contribution in [2.24, 2.45) is 14.1 Å². The number of rotatable bonds is 11. The van der Waals surface area contributed by atoms with Crippen LogP contribution >= 0.6 is 11.6 Å². The topological polar surface area (TPSA) is 225 Å². The summed E-state index contributed by atoms with van der Waals surface area (Å²) in [5.41, 5.74) is -0.850. The van der Waals surface area contributed by atoms with Crippen LogP contribution in [-0.4, -0.2) is 80.5 Å². The number of aromatic nitrogens is 10. The van der Waals surface area contributed by atoms with Crippen molar-refractivity contribution in [3.8, 4) is 28.7 Å². The van der Waals surface area contributed by atoms with E-state index in [2.05, 4.69) is 9.97 Å². The van der Waals surface area contributed by atoms with Crippen LogP contribution in [0.15, 0.2) is 82.9 Å². The molecule has 2 aliphatic rings. The van der Waals surface area contributed by atoms with E-state index >= 15 is 0 Å². The normalized spacial score (nSPS) is 15.5. The molecule has 0 bridgehead atoms. The Morgan fingerprint density at radius 3 is 1.64 bits per heavy atom. The van der Waals surface area contributed by atoms with Crippen LogP contribution in [0.25, 0.3) is 22.1 Å². The maximum absolute atomic E-state index is 14.5. The number of aryl methyl sites for hydroxylation is 4. The van der Waals surface area contributed by atoms with E-state index in [0.29, 0.717) is 56.2 Å². The van der Waals surface area contributed by atoms with Crippen LogP contribution < -0.4 is 52.8 Å². The molecule has 0 radical (unpaired) electrons. The summed E-state index contributed by atoms with van der Waals surface area (Å²) in [6.07, 6.45) is 1.53. The highest BCUT2D eigenvalue weighted by Gasteiger charge is 2.42. The van der Waals surface area contributed by atoms with Crippen LogP contribution in [0.3, 0.4) is 0 Å². The van der Waals surface area contributed by atoms with Crippen LogP contribution in [0.1, 0.15) is 29.0 Å². The highest BCUT2D eigenvalue weighted by molar-refractivity contribution is 6.31. The van der Waals surface area contributed by atoms with Crippen molar-refractivity contribution in [1.29, 1.82) is 0 Å². The molecule has 3 aromatic carbocycles. The summed E-state index contributed by atoms with van der Waals surface area (Å²) in [7, 11) is 9.07. The summed E-state index contributed by atoms with van der Waals surface area (Å²) in [4.78, 5) is 93.5. The largest absolute Gasteiger partial charge is 0.508 e. The Morgan fingerprint density at radius 1 is 0.656 bits per heavy atom. The highest BCUT2D eigenvalue weighted by atomic mass is 35.5. The molecule has 0 spiro atoms. The van der Waals surface area contributed by atoms with Crippen LogP contribution in [0.4, 0.5) is 0 Å². The third-order valence-corrected chi connectivity index (χ3v) is 12.4. The molecule has 6 heterocycles. The molecule has 7 aromatic rings. The highest BCUT2D eigenvalue weighted by Crippen LogP contribution is 2.41. The summed E-state index contributed by atoms with van der Waals surface area (Å²) in [6.45, 7) is -0.762. The first-order valence-corrected chi connectivity index (χ1v) is 20.3. The first-order chi connectivity index (χ1) is 30.7. The van der Waals surface area contributed by atoms with Crippen LogP contribution in [0.2, 0.25) is 5.02 Å². The van der Waals surface area contributed by atoms with Crippen molar-refractivity contribution in [2.75, 3.05) is 28.4 Å². The molecular weight excluding hydrogens is 856 g/mol. The van der Waals surface area contributed by atoms with E-state index in [0.717, 1.165) is 9.13 Å². The molecule has 0 aliphatic carbocycles. The van der Waals surface area contributed by atoms with Crippen molar-refractivity contribution >= 4 is 33.7 Å². The SMILES string of the molecule is COc1cc2nc(CCn3c(=O)n4n(c3=O)C3Cn5c(=O)n(CCc6nc7cc(OC)c(OC)cc7n(C)c6=O)c(=O)n5C(c5ccc(O)cc5Cl)C3=CC4)c(=O)n(C)c2cc1OC. The van der Waals surface area contributed by atoms with E-state index in [4.69, 9.17) is 30.5 Å². The van der Waals surface area contributed by atoms with Gasteiger partial charge in [-0.3, -0.25) is 9.59 Å². The predicted octanol–water partition coefficient (Wildman–Crippen LogP) is 1.09. The smallest absolute Gasteiger partial charge is 0.348 e. The van der Waals surface area contributed by atoms with E-state index in [1.165, 1.54) is 74.5 Å². The molecule has 2 aliphatic heterocycles. The van der Waals surface area contributed by atoms with Gasteiger partial charge >= 0.3 is 22.8 Å². The van der Waals surface area contributed by atoms with E-state index in [9.17, 15) is 33.9 Å². The second-order valence-corrected chi connectivity index (χ2v) is 15.8. The Bertz CT molecular complexity index is 3510. The maximum Gasteiger partial charge on any atom is 0.348 e. The molecule has 4 aromatic heterocycles. The molecule has 0 saturated carbocycles. The Morgan fingerprint density at radius 2 is 1.14 bits per heavy atom. The minimum atomic E-state index is -1.07. The first-order valence-electron chi connectivity index (χ1n) is 20.0. The van der Waals surface area contributed by atoms with Crippen molar-refractivity contribution in [2.45, 2.75) is 51.1 Å². The average Bonchev–Trinajstić information content (AvgIpc) is 3.68. The fourth-order valence-corrected chi connectivity index (χ4v) is 9.11. The van der Waals surface area contributed by atoms with Crippen molar-refractivity contribution in [3.05, 3.63) is 139 Å². The number of aromatic hydroxyl groups is 1. The minimum absolute atomic E-state index is 0.0778. The van der Waals surface area contributed by atoms with Crippen LogP contribution in [0, 0.1) is 0 Å². The number of phenols is 1. The number of halogens is 1. The molecule has 21 nitrogen and oxygen atoms in total. The zero-order valence-corrected chi connectivity index (χ0v) is 36.2. The van der Waals surface area contributed by atoms with E-state index in [-0.39, 0.29) is 61.2 Å². The lowest BCUT2D eigenvalue weighted by atomic mass is 9.90. The second-order valence-electron chi connectivity index (χ2n) is 15.4. The molecule has 64 heavy (non-hydrogen) atoms. The number of fused-ring (bicyclic) bond motifs is 6. The Kier molecular flexibility index (Phi) is 10.2. The summed E-state index contributed by atoms with van der Waals surface area (Å²) in [6, 6.07) is 8.71. The van der Waals surface area contributed by atoms with Gasteiger partial charge in [-0.25, -0.2) is 57.0 Å². The lowest BCUT2D eigenvalue weighted by Crippen LogP contribution is -2.47. The standard InChI is InChI=1S/C42H41ClN10O11/c1-46-29-18-34(63-5)32(61-3)16-27(29)44-25(37(46)55)10-12-48-39(57)50-14-9-23-31(52(50)41(48)59)20-51-40(58)49(42(60)53(51)36(23)22-8-7-21(54)15-24(22)43)13-11-26-38(56)47(2)30-19-35(64-6)33(62-4)17-28(30)45-26/h7-9,15-19,31,36,54H,10-14,20H2,1-6H3. The molecule has 22 heteroatoms. The van der Waals surface area contributed by atoms with Gasteiger partial charge < -0.3 is 33.2 Å². The summed E-state index contributed by atoms with van der Waals surface area (Å²) >= 11 is 6.74. The number of hydrogen-bond donors (Lipinski definition) is 1. The van der Waals surface area contributed by atoms with Gasteiger partial charge in [0, 0.05) is 69.3 Å². The van der Waals surface area contributed by atoms with Crippen molar-refractivity contribution in [1.82, 2.24) is 47.0 Å². The predicted molar refractivity (Wildman–Crippen MR) is 232 cm³/mol. The summed E-state index contributed by atoms with van der Waals surface area (Å²) < 4.78 is 31.4. The number of benzene rings is 3. The maximum atomic E-state index is 14.5. The summed E-state index contributed by atoms with van der Waals surface area (Å²) in [5.74, 6) is 1.47. The zero-order chi connectivity index (χ0) is 45.5. The Hall–Kier alpha value is -7.55. The van der Waals surface area contributed by atoms with Gasteiger partial charge in [-0.2, -0.15) is 0 Å². The zero-order valence-electron chi connectivity index (χ0n) is 35.4. The van der Waals surface area contributed by atoms with Gasteiger partial charge in [-0.05, 0) is 23.3 Å². The number of phenolic OH excluding ortho intramolecular Hbond substituents is 1. The number of ether oxygens (including phenoxy) is 4. The van der Waals surface area contributed by atoms with Crippen LogP contribution in [0.5, 0.6) is 28.7 Å². The van der Waals surface area contributed by atoms with Gasteiger partial charge in [0.25, 0.3) is 11.1 Å². The van der Waals surface area contributed by atoms with E-state index in [1.807, 2.05) is 0 Å². The van der Waals surface area contributed by atoms with Gasteiger partial charge in [0.05, 0.1) is 69.6 Å². The van der Waals surface area contributed by atoms with Crippen molar-refractivity contribution < 1.29 is 24.1 Å². The lowest BCUT2D eigenvalue weighted by Gasteiger charge is -2.37. The third-order valence-electron chi connectivity index (χ3n) is 12.1. The second kappa shape index (κ2) is 15.7. The van der Waals surface area contributed by atoms with Gasteiger partial charge in [0.1, 0.15) is 23.2 Å². The molecular formula is C42H41ClN10O11. The van der Waals surface area contributed by atoms with E-state index in [1.54, 1.807) is 44.4 Å². The quantitative estimate of drug-likeness (QED) is 0.180. The Labute approximate surface area is 364 Å².